The summed E-state index contributed by atoms with van der Waals surface area (Å²) in [5, 5.41) is 25.8. The minimum atomic E-state index is -0.403. The zero-order valence-electron chi connectivity index (χ0n) is 18.1. The Bertz CT molecular complexity index is 1050. The van der Waals surface area contributed by atoms with E-state index in [0.717, 1.165) is 46.6 Å². The van der Waals surface area contributed by atoms with Crippen LogP contribution in [0, 0.1) is 19.8 Å². The van der Waals surface area contributed by atoms with E-state index in [0.29, 0.717) is 18.0 Å². The highest BCUT2D eigenvalue weighted by molar-refractivity contribution is 5.87. The molecule has 0 bridgehead atoms. The molecular weight excluding hydrogens is 400 g/mol. The van der Waals surface area contributed by atoms with Crippen LogP contribution in [0.15, 0.2) is 24.3 Å². The van der Waals surface area contributed by atoms with Crippen molar-refractivity contribution in [1.29, 1.82) is 0 Å². The lowest BCUT2D eigenvalue weighted by Gasteiger charge is -2.19. The second-order valence-electron chi connectivity index (χ2n) is 7.61. The van der Waals surface area contributed by atoms with Gasteiger partial charge < -0.3 is 24.6 Å². The monoisotopic (exact) mass is 428 g/mol. The van der Waals surface area contributed by atoms with Gasteiger partial charge in [-0.05, 0) is 44.0 Å². The third-order valence-electron chi connectivity index (χ3n) is 5.47. The highest BCUT2D eigenvalue weighted by Gasteiger charge is 2.33. The maximum Gasteiger partial charge on any atom is 0.290 e. The molecule has 9 nitrogen and oxygen atoms in total. The number of carboxylic acid groups (broad SMARTS) is 1. The number of aromatic nitrogens is 3. The number of fused-ring (bicyclic) bond motifs is 1. The Morgan fingerprint density at radius 1 is 1.16 bits per heavy atom. The van der Waals surface area contributed by atoms with Gasteiger partial charge in [-0.25, -0.2) is 4.98 Å². The highest BCUT2D eigenvalue weighted by Crippen LogP contribution is 2.35. The predicted molar refractivity (Wildman–Crippen MR) is 117 cm³/mol. The Morgan fingerprint density at radius 3 is 2.45 bits per heavy atom. The molecule has 2 atom stereocenters. The van der Waals surface area contributed by atoms with Gasteiger partial charge in [-0.2, -0.15) is 5.10 Å². The first-order valence-electron chi connectivity index (χ1n) is 9.95. The number of aromatic amines is 1. The molecule has 3 aromatic rings. The molecule has 166 valence electrons. The number of hydrogen-bond acceptors (Lipinski definition) is 7. The van der Waals surface area contributed by atoms with Crippen molar-refractivity contribution in [2.75, 3.05) is 32.2 Å². The summed E-state index contributed by atoms with van der Waals surface area (Å²) in [4.78, 5) is 15.4. The number of methoxy groups -OCH3 is 2. The second-order valence-corrected chi connectivity index (χ2v) is 7.61. The molecule has 0 spiro atoms. The summed E-state index contributed by atoms with van der Waals surface area (Å²) in [6.07, 6.45) is 0.347. The van der Waals surface area contributed by atoms with Crippen molar-refractivity contribution >= 4 is 23.2 Å². The maximum absolute atomic E-state index is 10.6. The van der Waals surface area contributed by atoms with Crippen molar-refractivity contribution < 1.29 is 24.5 Å². The van der Waals surface area contributed by atoms with Crippen LogP contribution < -0.4 is 14.4 Å². The van der Waals surface area contributed by atoms with Crippen molar-refractivity contribution in [2.45, 2.75) is 26.4 Å². The molecule has 1 aliphatic heterocycles. The van der Waals surface area contributed by atoms with Crippen molar-refractivity contribution in [3.63, 3.8) is 0 Å². The van der Waals surface area contributed by atoms with Crippen LogP contribution in [-0.4, -0.2) is 65.3 Å². The highest BCUT2D eigenvalue weighted by atomic mass is 16.5. The molecular formula is C22H28N4O5. The van der Waals surface area contributed by atoms with Crippen LogP contribution in [0.2, 0.25) is 0 Å². The molecule has 0 amide bonds. The van der Waals surface area contributed by atoms with E-state index < -0.39 is 6.10 Å². The summed E-state index contributed by atoms with van der Waals surface area (Å²) in [5.74, 6) is 2.36. The number of H-pyrrole nitrogens is 1. The summed E-state index contributed by atoms with van der Waals surface area (Å²) in [5.41, 5.74) is 3.99. The number of β-amino-alcohol motifs (C(OH)–C–C–N with tert-alkyl or cyclic N) is 1. The fraction of sp³-hybridized carbons (Fsp3) is 0.409. The number of aliphatic hydroxyl groups excluding tert-OH is 1. The SMILES string of the molecule is COc1cc2nc(N3C[C@@H](Cc4cc(C)[nH]n4)[C@@H](O)C3)cc(C)c2cc1OC.O=CO. The topological polar surface area (TPSA) is 121 Å². The van der Waals surface area contributed by atoms with Crippen LogP contribution in [-0.2, 0) is 11.2 Å². The zero-order valence-corrected chi connectivity index (χ0v) is 18.1. The normalized spacial score (nSPS) is 17.9. The summed E-state index contributed by atoms with van der Waals surface area (Å²) < 4.78 is 10.8. The van der Waals surface area contributed by atoms with Gasteiger partial charge in [0.2, 0.25) is 0 Å². The lowest BCUT2D eigenvalue weighted by molar-refractivity contribution is -0.122. The summed E-state index contributed by atoms with van der Waals surface area (Å²) in [6.45, 7) is 5.12. The number of benzene rings is 1. The van der Waals surface area contributed by atoms with E-state index in [9.17, 15) is 5.11 Å². The Kier molecular flexibility index (Phi) is 6.96. The lowest BCUT2D eigenvalue weighted by atomic mass is 10.0. The van der Waals surface area contributed by atoms with Crippen LogP contribution in [0.1, 0.15) is 17.0 Å². The summed E-state index contributed by atoms with van der Waals surface area (Å²) in [6, 6.07) is 7.97. The van der Waals surface area contributed by atoms with E-state index in [1.807, 2.05) is 25.1 Å². The van der Waals surface area contributed by atoms with Gasteiger partial charge in [0.15, 0.2) is 11.5 Å². The number of anilines is 1. The molecule has 0 saturated carbocycles. The molecule has 0 aliphatic carbocycles. The van der Waals surface area contributed by atoms with Gasteiger partial charge in [-0.3, -0.25) is 9.89 Å². The van der Waals surface area contributed by atoms with Gasteiger partial charge in [0, 0.05) is 36.2 Å². The molecule has 9 heteroatoms. The van der Waals surface area contributed by atoms with Crippen molar-refractivity contribution in [1.82, 2.24) is 15.2 Å². The van der Waals surface area contributed by atoms with E-state index in [4.69, 9.17) is 24.4 Å². The number of ether oxygens (including phenoxy) is 2. The van der Waals surface area contributed by atoms with Gasteiger partial charge in [-0.15, -0.1) is 0 Å². The fourth-order valence-corrected chi connectivity index (χ4v) is 3.96. The first-order valence-corrected chi connectivity index (χ1v) is 9.95. The quantitative estimate of drug-likeness (QED) is 0.530. The molecule has 1 aromatic carbocycles. The van der Waals surface area contributed by atoms with Gasteiger partial charge >= 0.3 is 0 Å². The number of nitrogens with one attached hydrogen (secondary N) is 1. The standard InChI is InChI=1S/C21H26N4O3.CH2O2/c1-12-5-21(22-17-9-20(28-4)19(27-3)8-16(12)17)25-10-14(18(26)11-25)7-15-6-13(2)23-24-15;2-1-3/h5-6,8-9,14,18,26H,7,10-11H2,1-4H3,(H,23,24);1H,(H,2,3)/t14-,18+;/m1./s1. The zero-order chi connectivity index (χ0) is 22.5. The number of hydrogen-bond donors (Lipinski definition) is 3. The van der Waals surface area contributed by atoms with Gasteiger partial charge in [0.05, 0.1) is 31.5 Å². The molecule has 31 heavy (non-hydrogen) atoms. The average molecular weight is 428 g/mol. The van der Waals surface area contributed by atoms with Gasteiger partial charge in [0.25, 0.3) is 6.47 Å². The summed E-state index contributed by atoms with van der Waals surface area (Å²) in [7, 11) is 3.26. The van der Waals surface area contributed by atoms with Crippen LogP contribution in [0.5, 0.6) is 11.5 Å². The first-order chi connectivity index (χ1) is 14.9. The third-order valence-corrected chi connectivity index (χ3v) is 5.47. The van der Waals surface area contributed by atoms with Crippen LogP contribution in [0.3, 0.4) is 0 Å². The molecule has 1 fully saturated rings. The molecule has 1 aliphatic rings. The van der Waals surface area contributed by atoms with E-state index >= 15 is 0 Å². The Balaban J connectivity index is 0.000000858. The average Bonchev–Trinajstić information content (AvgIpc) is 3.33. The van der Waals surface area contributed by atoms with Crippen molar-refractivity contribution in [3.8, 4) is 11.5 Å². The minimum absolute atomic E-state index is 0.130. The number of pyridine rings is 1. The van der Waals surface area contributed by atoms with Crippen molar-refractivity contribution in [3.05, 3.63) is 41.2 Å². The van der Waals surface area contributed by atoms with Gasteiger partial charge in [-0.1, -0.05) is 0 Å². The van der Waals surface area contributed by atoms with Crippen LogP contribution in [0.25, 0.3) is 10.9 Å². The number of aryl methyl sites for hydroxylation is 2. The molecule has 1 saturated heterocycles. The van der Waals surface area contributed by atoms with E-state index in [-0.39, 0.29) is 12.4 Å². The second kappa shape index (κ2) is 9.65. The smallest absolute Gasteiger partial charge is 0.290 e. The Labute approximate surface area is 180 Å². The molecule has 3 N–H and O–H groups in total. The minimum Gasteiger partial charge on any atom is -0.493 e. The van der Waals surface area contributed by atoms with Crippen LogP contribution in [0.4, 0.5) is 5.82 Å². The molecule has 3 heterocycles. The van der Waals surface area contributed by atoms with E-state index in [1.54, 1.807) is 14.2 Å². The number of rotatable bonds is 5. The van der Waals surface area contributed by atoms with Crippen LogP contribution >= 0.6 is 0 Å². The Morgan fingerprint density at radius 2 is 1.84 bits per heavy atom. The number of carbonyl (C=O) groups is 1. The van der Waals surface area contributed by atoms with Crippen molar-refractivity contribution in [2.24, 2.45) is 5.92 Å². The fourth-order valence-electron chi connectivity index (χ4n) is 3.96. The molecule has 0 unspecified atom stereocenters. The predicted octanol–water partition coefficient (Wildman–Crippen LogP) is 2.33. The largest absolute Gasteiger partial charge is 0.493 e. The first kappa shape index (κ1) is 22.4. The molecule has 0 radical (unpaired) electrons. The Hall–Kier alpha value is -3.33. The lowest BCUT2D eigenvalue weighted by Crippen LogP contribution is -2.22. The summed E-state index contributed by atoms with van der Waals surface area (Å²) >= 11 is 0. The molecule has 4 rings (SSSR count). The molecule has 2 aromatic heterocycles. The number of aliphatic hydroxyl groups is 1. The number of nitrogens with zero attached hydrogens (tertiary/aromatic N) is 3. The maximum atomic E-state index is 10.6. The third kappa shape index (κ3) is 4.88. The van der Waals surface area contributed by atoms with Gasteiger partial charge in [0.1, 0.15) is 5.82 Å². The van der Waals surface area contributed by atoms with E-state index in [2.05, 4.69) is 28.1 Å². The van der Waals surface area contributed by atoms with E-state index in [1.165, 1.54) is 0 Å².